The summed E-state index contributed by atoms with van der Waals surface area (Å²) in [6.07, 6.45) is 2.65. The Balaban J connectivity index is 2.87. The van der Waals surface area contributed by atoms with Gasteiger partial charge in [0, 0.05) is 4.90 Å². The summed E-state index contributed by atoms with van der Waals surface area (Å²) in [5, 5.41) is 1.49. The molecule has 0 nitrogen and oxygen atoms in total. The van der Waals surface area contributed by atoms with Crippen LogP contribution in [0.1, 0.15) is 27.7 Å². The average molecular weight is 254 g/mol. The van der Waals surface area contributed by atoms with Crippen LogP contribution in [-0.4, -0.2) is 12.3 Å². The molecule has 0 fully saturated rings. The van der Waals surface area contributed by atoms with E-state index in [9.17, 15) is 0 Å². The highest BCUT2D eigenvalue weighted by Crippen LogP contribution is 2.40. The van der Waals surface area contributed by atoms with Crippen molar-refractivity contribution < 1.29 is 0 Å². The van der Waals surface area contributed by atoms with Gasteiger partial charge in [0.25, 0.3) is 0 Å². The molecule has 0 bridgehead atoms. The molecule has 0 aromatic heterocycles. The quantitative estimate of drug-likeness (QED) is 0.584. The fraction of sp³-hybridized carbons (Fsp3) is 0.571. The van der Waals surface area contributed by atoms with Crippen molar-refractivity contribution in [3.63, 3.8) is 0 Å². The molecule has 0 radical (unpaired) electrons. The zero-order chi connectivity index (χ0) is 12.1. The predicted molar refractivity (Wildman–Crippen MR) is 79.7 cm³/mol. The van der Waals surface area contributed by atoms with Crippen LogP contribution in [-0.2, 0) is 0 Å². The van der Waals surface area contributed by atoms with Gasteiger partial charge < -0.3 is 0 Å². The zero-order valence-electron chi connectivity index (χ0n) is 10.8. The number of thiol groups is 1. The molecule has 0 saturated carbocycles. The minimum absolute atomic E-state index is 0.0319. The van der Waals surface area contributed by atoms with Crippen molar-refractivity contribution in [2.45, 2.75) is 32.6 Å². The van der Waals surface area contributed by atoms with Gasteiger partial charge in [-0.1, -0.05) is 53.8 Å². The Morgan fingerprint density at radius 1 is 1.00 bits per heavy atom. The molecule has 0 N–H and O–H groups in total. The third kappa shape index (κ3) is 4.47. The Kier molecular flexibility index (Phi) is 5.86. The Hall–Kier alpha value is -0.0000000000000000555. The van der Waals surface area contributed by atoms with Gasteiger partial charge in [-0.05, 0) is 35.5 Å². The third-order valence-electron chi connectivity index (χ3n) is 2.39. The molecule has 0 heterocycles. The van der Waals surface area contributed by atoms with E-state index >= 15 is 0 Å². The normalized spacial score (nSPS) is 11.8. The predicted octanol–water partition coefficient (Wildman–Crippen LogP) is 4.39. The summed E-state index contributed by atoms with van der Waals surface area (Å²) in [5.41, 5.74) is 0. The van der Waals surface area contributed by atoms with Crippen LogP contribution < -0.4 is 5.30 Å². The van der Waals surface area contributed by atoms with Crippen LogP contribution in [0.3, 0.4) is 0 Å². The highest BCUT2D eigenvalue weighted by Gasteiger charge is 2.16. The standard InChI is InChI=1S/C14H23PS/c1-11(2)9-15(10-12(3)4)13-7-5-6-8-14(13)16/h5-8,11-12,16H,9-10H2,1-4H3. The summed E-state index contributed by atoms with van der Waals surface area (Å²) in [6.45, 7) is 9.27. The number of hydrogen-bond donors (Lipinski definition) is 1. The Bertz CT molecular complexity index is 310. The molecule has 0 amide bonds. The van der Waals surface area contributed by atoms with E-state index in [0.29, 0.717) is 0 Å². The van der Waals surface area contributed by atoms with Crippen LogP contribution in [0.4, 0.5) is 0 Å². The highest BCUT2D eigenvalue weighted by atomic mass is 32.1. The van der Waals surface area contributed by atoms with E-state index in [1.165, 1.54) is 22.5 Å². The second-order valence-corrected chi connectivity index (χ2v) is 7.95. The summed E-state index contributed by atoms with van der Waals surface area (Å²) in [5.74, 6) is 1.55. The van der Waals surface area contributed by atoms with Crippen molar-refractivity contribution in [2.75, 3.05) is 12.3 Å². The van der Waals surface area contributed by atoms with Gasteiger partial charge in [0.05, 0.1) is 0 Å². The lowest BCUT2D eigenvalue weighted by Crippen LogP contribution is -2.13. The number of benzene rings is 1. The van der Waals surface area contributed by atoms with Crippen LogP contribution in [0.15, 0.2) is 29.2 Å². The first-order valence-electron chi connectivity index (χ1n) is 6.03. The van der Waals surface area contributed by atoms with Gasteiger partial charge in [0.1, 0.15) is 0 Å². The zero-order valence-corrected chi connectivity index (χ0v) is 12.6. The Morgan fingerprint density at radius 3 is 1.94 bits per heavy atom. The van der Waals surface area contributed by atoms with Crippen LogP contribution in [0, 0.1) is 11.8 Å². The van der Waals surface area contributed by atoms with Crippen molar-refractivity contribution in [3.05, 3.63) is 24.3 Å². The highest BCUT2D eigenvalue weighted by molar-refractivity contribution is 7.81. The van der Waals surface area contributed by atoms with Gasteiger partial charge in [0.15, 0.2) is 0 Å². The molecule has 1 aromatic rings. The van der Waals surface area contributed by atoms with E-state index in [0.717, 1.165) is 11.8 Å². The molecule has 0 aliphatic carbocycles. The maximum absolute atomic E-state index is 4.60. The van der Waals surface area contributed by atoms with Gasteiger partial charge in [-0.3, -0.25) is 0 Å². The molecule has 1 rings (SSSR count). The molecular formula is C14H23PS. The molecule has 0 unspecified atom stereocenters. The first-order valence-corrected chi connectivity index (χ1v) is 8.19. The molecule has 0 spiro atoms. The molecule has 0 aliphatic rings. The minimum atomic E-state index is -0.0319. The van der Waals surface area contributed by atoms with Gasteiger partial charge in [0.2, 0.25) is 0 Å². The third-order valence-corrected chi connectivity index (χ3v) is 6.37. The van der Waals surface area contributed by atoms with Crippen molar-refractivity contribution in [1.29, 1.82) is 0 Å². The van der Waals surface area contributed by atoms with E-state index in [1.807, 2.05) is 0 Å². The summed E-state index contributed by atoms with van der Waals surface area (Å²) in [6, 6.07) is 8.60. The van der Waals surface area contributed by atoms with Crippen LogP contribution in [0.5, 0.6) is 0 Å². The Morgan fingerprint density at radius 2 is 1.50 bits per heavy atom. The summed E-state index contributed by atoms with van der Waals surface area (Å²) >= 11 is 4.60. The molecule has 16 heavy (non-hydrogen) atoms. The van der Waals surface area contributed by atoms with Gasteiger partial charge in [-0.15, -0.1) is 12.6 Å². The average Bonchev–Trinajstić information content (AvgIpc) is 2.15. The number of rotatable bonds is 5. The number of hydrogen-bond acceptors (Lipinski definition) is 1. The monoisotopic (exact) mass is 254 g/mol. The van der Waals surface area contributed by atoms with Gasteiger partial charge >= 0.3 is 0 Å². The van der Waals surface area contributed by atoms with Crippen molar-refractivity contribution in [2.24, 2.45) is 11.8 Å². The largest absolute Gasteiger partial charge is 0.143 e. The summed E-state index contributed by atoms with van der Waals surface area (Å²) in [7, 11) is -0.0319. The van der Waals surface area contributed by atoms with Crippen LogP contribution in [0.25, 0.3) is 0 Å². The van der Waals surface area contributed by atoms with Crippen molar-refractivity contribution in [3.8, 4) is 0 Å². The van der Waals surface area contributed by atoms with E-state index < -0.39 is 0 Å². The Labute approximate surface area is 107 Å². The lowest BCUT2D eigenvalue weighted by molar-refractivity contribution is 0.721. The molecule has 1 aromatic carbocycles. The first kappa shape index (κ1) is 14.1. The minimum Gasteiger partial charge on any atom is -0.143 e. The topological polar surface area (TPSA) is 0 Å². The van der Waals surface area contributed by atoms with Gasteiger partial charge in [-0.2, -0.15) is 0 Å². The lowest BCUT2D eigenvalue weighted by Gasteiger charge is -2.23. The lowest BCUT2D eigenvalue weighted by atomic mass is 10.3. The SMILES string of the molecule is CC(C)CP(CC(C)C)c1ccccc1S. The van der Waals surface area contributed by atoms with Gasteiger partial charge in [-0.25, -0.2) is 0 Å². The fourth-order valence-electron chi connectivity index (χ4n) is 1.88. The molecule has 90 valence electrons. The van der Waals surface area contributed by atoms with Crippen molar-refractivity contribution in [1.82, 2.24) is 0 Å². The second-order valence-electron chi connectivity index (χ2n) is 5.18. The van der Waals surface area contributed by atoms with E-state index in [-0.39, 0.29) is 7.92 Å². The molecule has 0 saturated heterocycles. The summed E-state index contributed by atoms with van der Waals surface area (Å²) < 4.78 is 0. The molecular weight excluding hydrogens is 231 g/mol. The second kappa shape index (κ2) is 6.67. The van der Waals surface area contributed by atoms with E-state index in [2.05, 4.69) is 64.6 Å². The maximum atomic E-state index is 4.60. The smallest absolute Gasteiger partial charge is 0.0117 e. The molecule has 2 heteroatoms. The van der Waals surface area contributed by atoms with E-state index in [4.69, 9.17) is 0 Å². The fourth-order valence-corrected chi connectivity index (χ4v) is 5.47. The first-order chi connectivity index (χ1) is 7.50. The van der Waals surface area contributed by atoms with Crippen LogP contribution in [0.2, 0.25) is 0 Å². The summed E-state index contributed by atoms with van der Waals surface area (Å²) in [4.78, 5) is 1.18. The van der Waals surface area contributed by atoms with E-state index in [1.54, 1.807) is 0 Å². The van der Waals surface area contributed by atoms with Crippen molar-refractivity contribution >= 4 is 25.9 Å². The maximum Gasteiger partial charge on any atom is 0.0117 e. The molecule has 0 atom stereocenters. The van der Waals surface area contributed by atoms with Crippen LogP contribution >= 0.6 is 20.6 Å². The molecule has 0 aliphatic heterocycles.